The second-order valence-electron chi connectivity index (χ2n) is 7.97. The summed E-state index contributed by atoms with van der Waals surface area (Å²) >= 11 is 0. The van der Waals surface area contributed by atoms with Crippen molar-refractivity contribution in [3.8, 4) is 0 Å². The number of hydrogen-bond acceptors (Lipinski definition) is 6. The van der Waals surface area contributed by atoms with E-state index in [1.165, 1.54) is 4.90 Å². The van der Waals surface area contributed by atoms with Gasteiger partial charge in [0.05, 0.1) is 25.3 Å². The molecule has 0 atom stereocenters. The fourth-order valence-electron chi connectivity index (χ4n) is 4.30. The molecule has 156 valence electrons. The average Bonchev–Trinajstić information content (AvgIpc) is 3.20. The molecule has 1 aromatic rings. The van der Waals surface area contributed by atoms with Gasteiger partial charge < -0.3 is 9.64 Å². The summed E-state index contributed by atoms with van der Waals surface area (Å²) in [4.78, 5) is 46.5. The first kappa shape index (κ1) is 20.0. The lowest BCUT2D eigenvalue weighted by Gasteiger charge is -2.32. The zero-order chi connectivity index (χ0) is 20.2. The lowest BCUT2D eigenvalue weighted by molar-refractivity contribution is -0.142. The Morgan fingerprint density at radius 1 is 1.07 bits per heavy atom. The molecule has 8 nitrogen and oxygen atoms in total. The quantitative estimate of drug-likeness (QED) is 0.746. The van der Waals surface area contributed by atoms with Crippen molar-refractivity contribution in [2.75, 3.05) is 52.5 Å². The van der Waals surface area contributed by atoms with Gasteiger partial charge in [-0.1, -0.05) is 0 Å². The van der Waals surface area contributed by atoms with Gasteiger partial charge in [0.25, 0.3) is 5.91 Å². The Morgan fingerprint density at radius 3 is 2.45 bits per heavy atom. The van der Waals surface area contributed by atoms with Crippen molar-refractivity contribution >= 4 is 17.7 Å². The molecular formula is C21H28N4O4. The largest absolute Gasteiger partial charge is 0.378 e. The first-order valence-electron chi connectivity index (χ1n) is 10.5. The Kier molecular flexibility index (Phi) is 6.20. The van der Waals surface area contributed by atoms with Gasteiger partial charge in [0.1, 0.15) is 0 Å². The van der Waals surface area contributed by atoms with Crippen LogP contribution in [0.2, 0.25) is 0 Å². The molecule has 3 aliphatic heterocycles. The number of imide groups is 1. The zero-order valence-corrected chi connectivity index (χ0v) is 16.7. The van der Waals surface area contributed by atoms with E-state index in [1.54, 1.807) is 11.1 Å². The molecule has 4 heterocycles. The molecule has 0 spiro atoms. The predicted molar refractivity (Wildman–Crippen MR) is 105 cm³/mol. The number of aromatic nitrogens is 1. The van der Waals surface area contributed by atoms with Crippen LogP contribution in [-0.2, 0) is 14.3 Å². The van der Waals surface area contributed by atoms with Gasteiger partial charge in [0.15, 0.2) is 0 Å². The molecule has 0 bridgehead atoms. The van der Waals surface area contributed by atoms with Crippen molar-refractivity contribution in [1.82, 2.24) is 19.7 Å². The number of pyridine rings is 1. The van der Waals surface area contributed by atoms with Gasteiger partial charge in [0, 0.05) is 43.9 Å². The summed E-state index contributed by atoms with van der Waals surface area (Å²) in [6.07, 6.45) is 4.80. The molecule has 3 aliphatic rings. The molecule has 0 N–H and O–H groups in total. The summed E-state index contributed by atoms with van der Waals surface area (Å²) in [5, 5.41) is 0. The molecule has 29 heavy (non-hydrogen) atoms. The van der Waals surface area contributed by atoms with Gasteiger partial charge in [-0.3, -0.25) is 29.2 Å². The molecule has 3 amide bonds. The minimum absolute atomic E-state index is 0.0112. The SMILES string of the molecule is O=C(c1ccc(C2CCN(CC(=O)N3CCCC3=O)CC2)nc1)N1CCOCC1. The van der Waals surface area contributed by atoms with Crippen LogP contribution in [-0.4, -0.2) is 89.9 Å². The monoisotopic (exact) mass is 400 g/mol. The highest BCUT2D eigenvalue weighted by atomic mass is 16.5. The molecule has 0 aliphatic carbocycles. The highest BCUT2D eigenvalue weighted by Crippen LogP contribution is 2.27. The van der Waals surface area contributed by atoms with Crippen LogP contribution in [0.4, 0.5) is 0 Å². The lowest BCUT2D eigenvalue weighted by Crippen LogP contribution is -2.43. The van der Waals surface area contributed by atoms with Gasteiger partial charge in [-0.2, -0.15) is 0 Å². The van der Waals surface area contributed by atoms with Crippen molar-refractivity contribution < 1.29 is 19.1 Å². The topological polar surface area (TPSA) is 83.1 Å². The van der Waals surface area contributed by atoms with Crippen molar-refractivity contribution in [2.24, 2.45) is 0 Å². The molecule has 3 saturated heterocycles. The van der Waals surface area contributed by atoms with Gasteiger partial charge in [-0.15, -0.1) is 0 Å². The standard InChI is InChI=1S/C21H28N4O4/c26-19-2-1-7-25(19)20(27)15-23-8-5-16(6-9-23)18-4-3-17(14-22-18)21(28)24-10-12-29-13-11-24/h3-4,14,16H,1-2,5-13,15H2. The van der Waals surface area contributed by atoms with E-state index in [1.807, 2.05) is 12.1 Å². The van der Waals surface area contributed by atoms with Gasteiger partial charge in [-0.25, -0.2) is 0 Å². The smallest absolute Gasteiger partial charge is 0.255 e. The van der Waals surface area contributed by atoms with Crippen molar-refractivity contribution in [3.05, 3.63) is 29.6 Å². The van der Waals surface area contributed by atoms with Crippen molar-refractivity contribution in [2.45, 2.75) is 31.6 Å². The highest BCUT2D eigenvalue weighted by molar-refractivity contribution is 5.97. The van der Waals surface area contributed by atoms with Crippen LogP contribution in [0.5, 0.6) is 0 Å². The van der Waals surface area contributed by atoms with Gasteiger partial charge in [-0.05, 0) is 44.5 Å². The van der Waals surface area contributed by atoms with E-state index in [0.29, 0.717) is 57.3 Å². The molecule has 1 aromatic heterocycles. The molecule has 3 fully saturated rings. The molecular weight excluding hydrogens is 372 g/mol. The third-order valence-electron chi connectivity index (χ3n) is 6.07. The number of piperidine rings is 1. The van der Waals surface area contributed by atoms with E-state index >= 15 is 0 Å². The van der Waals surface area contributed by atoms with Crippen LogP contribution in [0.15, 0.2) is 18.3 Å². The molecule has 0 radical (unpaired) electrons. The van der Waals surface area contributed by atoms with Crippen LogP contribution in [0.25, 0.3) is 0 Å². The van der Waals surface area contributed by atoms with Crippen LogP contribution in [0, 0.1) is 0 Å². The first-order valence-corrected chi connectivity index (χ1v) is 10.5. The number of morpholine rings is 1. The third kappa shape index (κ3) is 4.64. The zero-order valence-electron chi connectivity index (χ0n) is 16.7. The van der Waals surface area contributed by atoms with E-state index in [9.17, 15) is 14.4 Å². The van der Waals surface area contributed by atoms with Crippen LogP contribution < -0.4 is 0 Å². The van der Waals surface area contributed by atoms with Crippen LogP contribution in [0.3, 0.4) is 0 Å². The summed E-state index contributed by atoms with van der Waals surface area (Å²) in [6, 6.07) is 3.83. The minimum Gasteiger partial charge on any atom is -0.378 e. The lowest BCUT2D eigenvalue weighted by atomic mass is 9.92. The summed E-state index contributed by atoms with van der Waals surface area (Å²) in [6.45, 7) is 4.94. The summed E-state index contributed by atoms with van der Waals surface area (Å²) in [5.41, 5.74) is 1.62. The summed E-state index contributed by atoms with van der Waals surface area (Å²) < 4.78 is 5.30. The molecule has 0 saturated carbocycles. The second-order valence-corrected chi connectivity index (χ2v) is 7.97. The van der Waals surface area contributed by atoms with E-state index in [2.05, 4.69) is 9.88 Å². The predicted octanol–water partition coefficient (Wildman–Crippen LogP) is 0.882. The summed E-state index contributed by atoms with van der Waals surface area (Å²) in [7, 11) is 0. The number of nitrogens with zero attached hydrogens (tertiary/aromatic N) is 4. The number of rotatable bonds is 4. The van der Waals surface area contributed by atoms with Gasteiger partial charge in [0.2, 0.25) is 11.8 Å². The summed E-state index contributed by atoms with van der Waals surface area (Å²) in [5.74, 6) is 0.232. The maximum Gasteiger partial charge on any atom is 0.255 e. The number of likely N-dealkylation sites (tertiary alicyclic amines) is 2. The van der Waals surface area contributed by atoms with E-state index in [4.69, 9.17) is 4.74 Å². The molecule has 0 unspecified atom stereocenters. The fraction of sp³-hybridized carbons (Fsp3) is 0.619. The Morgan fingerprint density at radius 2 is 1.83 bits per heavy atom. The first-order chi connectivity index (χ1) is 14.1. The Balaban J connectivity index is 1.27. The Hall–Kier alpha value is -2.32. The molecule has 0 aromatic carbocycles. The normalized spacial score (nSPS) is 21.6. The maximum absolute atomic E-state index is 12.5. The molecule has 8 heteroatoms. The average molecular weight is 400 g/mol. The third-order valence-corrected chi connectivity index (χ3v) is 6.07. The van der Waals surface area contributed by atoms with Gasteiger partial charge >= 0.3 is 0 Å². The van der Waals surface area contributed by atoms with E-state index in [-0.39, 0.29) is 17.7 Å². The van der Waals surface area contributed by atoms with Crippen LogP contribution >= 0.6 is 0 Å². The number of hydrogen-bond donors (Lipinski definition) is 0. The number of amides is 3. The maximum atomic E-state index is 12.5. The Labute approximate surface area is 170 Å². The number of carbonyl (C=O) groups is 3. The fourth-order valence-corrected chi connectivity index (χ4v) is 4.30. The Bertz CT molecular complexity index is 752. The van der Waals surface area contributed by atoms with E-state index in [0.717, 1.165) is 38.0 Å². The van der Waals surface area contributed by atoms with E-state index < -0.39 is 0 Å². The van der Waals surface area contributed by atoms with Crippen molar-refractivity contribution in [1.29, 1.82) is 0 Å². The van der Waals surface area contributed by atoms with Crippen LogP contribution in [0.1, 0.15) is 47.7 Å². The molecule has 4 rings (SSSR count). The number of ether oxygens (including phenoxy) is 1. The highest BCUT2D eigenvalue weighted by Gasteiger charge is 2.29. The van der Waals surface area contributed by atoms with Crippen molar-refractivity contribution in [3.63, 3.8) is 0 Å². The number of carbonyl (C=O) groups excluding carboxylic acids is 3. The second kappa shape index (κ2) is 9.00. The minimum atomic E-state index is -0.0740.